The predicted molar refractivity (Wildman–Crippen MR) is 86.9 cm³/mol. The normalized spacial score (nSPS) is 40.7. The first-order chi connectivity index (χ1) is 9.91. The molecule has 21 heavy (non-hydrogen) atoms. The van der Waals surface area contributed by atoms with Crippen LogP contribution in [0.1, 0.15) is 44.2 Å². The number of carboxylic acid groups (broad SMARTS) is 1. The van der Waals surface area contributed by atoms with Crippen molar-refractivity contribution in [2.45, 2.75) is 52.0 Å². The highest BCUT2D eigenvalue weighted by atomic mass is 127. The van der Waals surface area contributed by atoms with Crippen LogP contribution in [0.3, 0.4) is 0 Å². The molecule has 4 aliphatic carbocycles. The summed E-state index contributed by atoms with van der Waals surface area (Å²) in [5.41, 5.74) is 0.955. The molecule has 0 radical (unpaired) electrons. The lowest BCUT2D eigenvalue weighted by Crippen LogP contribution is -2.56. The molecular formula is C16H21IN2O2. The molecule has 4 atom stereocenters. The summed E-state index contributed by atoms with van der Waals surface area (Å²) in [4.78, 5) is 11.9. The number of aromatic nitrogens is 2. The Labute approximate surface area is 138 Å². The van der Waals surface area contributed by atoms with Gasteiger partial charge in [-0.1, -0.05) is 0 Å². The number of nitrogens with zero attached hydrogens (tertiary/aromatic N) is 2. The topological polar surface area (TPSA) is 55.1 Å². The van der Waals surface area contributed by atoms with E-state index in [1.54, 1.807) is 0 Å². The maximum atomic E-state index is 11.9. The fourth-order valence-electron chi connectivity index (χ4n) is 5.79. The second kappa shape index (κ2) is 4.46. The van der Waals surface area contributed by atoms with Gasteiger partial charge in [-0.2, -0.15) is 5.10 Å². The highest BCUT2D eigenvalue weighted by molar-refractivity contribution is 14.1. The molecule has 4 saturated carbocycles. The number of rotatable bonds is 3. The van der Waals surface area contributed by atoms with Crippen molar-refractivity contribution < 1.29 is 9.90 Å². The van der Waals surface area contributed by atoms with Gasteiger partial charge in [0.25, 0.3) is 0 Å². The SMILES string of the molecule is Cc1c(I)cnn1CC12C[C@H]3C[C@@H](C1)CC(C(=O)O)(C3)C2. The third kappa shape index (κ3) is 2.06. The van der Waals surface area contributed by atoms with E-state index < -0.39 is 11.4 Å². The van der Waals surface area contributed by atoms with Crippen molar-refractivity contribution in [3.05, 3.63) is 15.5 Å². The van der Waals surface area contributed by atoms with Gasteiger partial charge < -0.3 is 5.11 Å². The van der Waals surface area contributed by atoms with Crippen LogP contribution in [-0.4, -0.2) is 20.9 Å². The van der Waals surface area contributed by atoms with E-state index in [0.29, 0.717) is 11.8 Å². The van der Waals surface area contributed by atoms with E-state index in [0.717, 1.165) is 25.8 Å². The molecule has 4 nitrogen and oxygen atoms in total. The summed E-state index contributed by atoms with van der Waals surface area (Å²) in [7, 11) is 0. The zero-order valence-electron chi connectivity index (χ0n) is 12.3. The van der Waals surface area contributed by atoms with Gasteiger partial charge in [-0.3, -0.25) is 9.48 Å². The lowest BCUT2D eigenvalue weighted by molar-refractivity contribution is -0.176. The fraction of sp³-hybridized carbons (Fsp3) is 0.750. The maximum absolute atomic E-state index is 11.9. The maximum Gasteiger partial charge on any atom is 0.309 e. The first-order valence-corrected chi connectivity index (χ1v) is 8.91. The molecule has 0 spiro atoms. The molecule has 5 heteroatoms. The lowest BCUT2D eigenvalue weighted by atomic mass is 9.44. The van der Waals surface area contributed by atoms with E-state index in [-0.39, 0.29) is 5.41 Å². The van der Waals surface area contributed by atoms with Crippen molar-refractivity contribution in [1.29, 1.82) is 0 Å². The third-order valence-corrected chi connectivity index (χ3v) is 7.22. The van der Waals surface area contributed by atoms with Gasteiger partial charge in [0.2, 0.25) is 0 Å². The highest BCUT2D eigenvalue weighted by Crippen LogP contribution is 2.65. The van der Waals surface area contributed by atoms with Crippen LogP contribution in [0.25, 0.3) is 0 Å². The minimum atomic E-state index is -0.548. The van der Waals surface area contributed by atoms with Crippen molar-refractivity contribution in [3.63, 3.8) is 0 Å². The fourth-order valence-corrected chi connectivity index (χ4v) is 6.19. The van der Waals surface area contributed by atoms with Crippen LogP contribution < -0.4 is 0 Å². The van der Waals surface area contributed by atoms with E-state index in [9.17, 15) is 9.90 Å². The second-order valence-electron chi connectivity index (χ2n) is 7.78. The van der Waals surface area contributed by atoms with Gasteiger partial charge in [-0.15, -0.1) is 0 Å². The predicted octanol–water partition coefficient (Wildman–Crippen LogP) is 3.47. The van der Waals surface area contributed by atoms with E-state index in [1.165, 1.54) is 28.5 Å². The lowest BCUT2D eigenvalue weighted by Gasteiger charge is -2.60. The monoisotopic (exact) mass is 400 g/mol. The van der Waals surface area contributed by atoms with Crippen LogP contribution in [0, 0.1) is 33.2 Å². The third-order valence-electron chi connectivity index (χ3n) is 6.16. The molecule has 0 aliphatic heterocycles. The Morgan fingerprint density at radius 3 is 2.62 bits per heavy atom. The van der Waals surface area contributed by atoms with Crippen LogP contribution in [-0.2, 0) is 11.3 Å². The molecule has 1 aromatic rings. The van der Waals surface area contributed by atoms with Crippen LogP contribution in [0.15, 0.2) is 6.20 Å². The van der Waals surface area contributed by atoms with Crippen LogP contribution in [0.5, 0.6) is 0 Å². The number of halogens is 1. The molecule has 4 aliphatic rings. The molecule has 1 heterocycles. The first kappa shape index (κ1) is 14.0. The van der Waals surface area contributed by atoms with Gasteiger partial charge in [-0.25, -0.2) is 0 Å². The summed E-state index contributed by atoms with van der Waals surface area (Å²) in [6, 6.07) is 0. The molecule has 1 aromatic heterocycles. The smallest absolute Gasteiger partial charge is 0.309 e. The summed E-state index contributed by atoms with van der Waals surface area (Å²) in [5.74, 6) is 0.697. The number of carboxylic acids is 1. The quantitative estimate of drug-likeness (QED) is 0.791. The number of carbonyl (C=O) groups is 1. The van der Waals surface area contributed by atoms with Crippen molar-refractivity contribution in [1.82, 2.24) is 9.78 Å². The van der Waals surface area contributed by atoms with E-state index in [4.69, 9.17) is 0 Å². The van der Waals surface area contributed by atoms with Crippen LogP contribution >= 0.6 is 22.6 Å². The Morgan fingerprint density at radius 2 is 2.10 bits per heavy atom. The van der Waals surface area contributed by atoms with Crippen LogP contribution in [0.4, 0.5) is 0 Å². The van der Waals surface area contributed by atoms with Gasteiger partial charge in [0.05, 0.1) is 15.2 Å². The summed E-state index contributed by atoms with van der Waals surface area (Å²) in [5, 5.41) is 14.3. The van der Waals surface area contributed by atoms with Crippen molar-refractivity contribution >= 4 is 28.6 Å². The minimum absolute atomic E-state index is 0.169. The largest absolute Gasteiger partial charge is 0.481 e. The molecule has 0 aromatic carbocycles. The van der Waals surface area contributed by atoms with E-state index >= 15 is 0 Å². The van der Waals surface area contributed by atoms with Crippen molar-refractivity contribution in [2.75, 3.05) is 0 Å². The van der Waals surface area contributed by atoms with E-state index in [2.05, 4.69) is 39.3 Å². The minimum Gasteiger partial charge on any atom is -0.481 e. The average molecular weight is 400 g/mol. The van der Waals surface area contributed by atoms with Gasteiger partial charge >= 0.3 is 5.97 Å². The molecular weight excluding hydrogens is 379 g/mol. The molecule has 0 saturated heterocycles. The Hall–Kier alpha value is -0.590. The Kier molecular flexibility index (Phi) is 2.98. The van der Waals surface area contributed by atoms with Gasteiger partial charge in [0.15, 0.2) is 0 Å². The second-order valence-corrected chi connectivity index (χ2v) is 8.94. The molecule has 5 rings (SSSR count). The molecule has 1 N–H and O–H groups in total. The molecule has 2 unspecified atom stereocenters. The molecule has 4 fully saturated rings. The average Bonchev–Trinajstić information content (AvgIpc) is 2.68. The summed E-state index contributed by atoms with van der Waals surface area (Å²) < 4.78 is 3.31. The van der Waals surface area contributed by atoms with Crippen LogP contribution in [0.2, 0.25) is 0 Å². The summed E-state index contributed by atoms with van der Waals surface area (Å²) >= 11 is 2.32. The Morgan fingerprint density at radius 1 is 1.43 bits per heavy atom. The number of hydrogen-bond acceptors (Lipinski definition) is 2. The first-order valence-electron chi connectivity index (χ1n) is 7.83. The highest BCUT2D eigenvalue weighted by Gasteiger charge is 2.60. The van der Waals surface area contributed by atoms with Crippen molar-refractivity contribution in [3.8, 4) is 0 Å². The molecule has 114 valence electrons. The zero-order valence-corrected chi connectivity index (χ0v) is 14.5. The van der Waals surface area contributed by atoms with Gasteiger partial charge in [0, 0.05) is 12.2 Å². The van der Waals surface area contributed by atoms with Gasteiger partial charge in [0.1, 0.15) is 0 Å². The zero-order chi connectivity index (χ0) is 14.8. The standard InChI is InChI=1S/C16H21IN2O2/c1-10-13(17)7-18-19(10)9-15-3-11-2-12(4-15)6-16(5-11,8-15)14(20)21/h7,11-12H,2-6,8-9H2,1H3,(H,20,21)/t11-,12+,15?,16?. The number of aliphatic carboxylic acids is 1. The molecule has 4 bridgehead atoms. The van der Waals surface area contributed by atoms with Gasteiger partial charge in [-0.05, 0) is 85.3 Å². The van der Waals surface area contributed by atoms with E-state index in [1.807, 2.05) is 6.20 Å². The Bertz CT molecular complexity index is 595. The summed E-state index contributed by atoms with van der Waals surface area (Å²) in [6.07, 6.45) is 8.27. The number of hydrogen-bond donors (Lipinski definition) is 1. The summed E-state index contributed by atoms with van der Waals surface area (Å²) in [6.45, 7) is 3.02. The molecule has 0 amide bonds. The Balaban J connectivity index is 1.68. The van der Waals surface area contributed by atoms with Crippen molar-refractivity contribution in [2.24, 2.45) is 22.7 Å².